The number of benzene rings is 2. The molecule has 0 saturated heterocycles. The van der Waals surface area contributed by atoms with E-state index in [2.05, 4.69) is 10.2 Å². The number of rotatable bonds is 6. The monoisotopic (exact) mass is 393 g/mol. The quantitative estimate of drug-likeness (QED) is 0.532. The highest BCUT2D eigenvalue weighted by molar-refractivity contribution is 7.98. The average molecular weight is 394 g/mol. The number of hydrogen-bond donors (Lipinski definition) is 0. The molecule has 0 saturated carbocycles. The van der Waals surface area contributed by atoms with Crippen LogP contribution in [-0.4, -0.2) is 14.8 Å². The molecule has 0 bridgehead atoms. The summed E-state index contributed by atoms with van der Waals surface area (Å²) in [6.07, 6.45) is 0. The molecule has 2 aromatic carbocycles. The van der Waals surface area contributed by atoms with Gasteiger partial charge in [-0.2, -0.15) is 0 Å². The topological polar surface area (TPSA) is 39.9 Å². The first-order valence-electron chi connectivity index (χ1n) is 7.67. The second-order valence-electron chi connectivity index (χ2n) is 5.57. The van der Waals surface area contributed by atoms with Gasteiger partial charge in [-0.05, 0) is 48.4 Å². The van der Waals surface area contributed by atoms with E-state index in [1.807, 2.05) is 61.0 Å². The number of hydrogen-bond acceptors (Lipinski definition) is 4. The van der Waals surface area contributed by atoms with E-state index in [1.165, 1.54) is 5.56 Å². The van der Waals surface area contributed by atoms with E-state index in [0.29, 0.717) is 11.6 Å². The van der Waals surface area contributed by atoms with Crippen LogP contribution in [-0.2, 0) is 19.4 Å². The van der Waals surface area contributed by atoms with Crippen molar-refractivity contribution in [3.05, 3.63) is 69.5 Å². The molecule has 1 aromatic heterocycles. The van der Waals surface area contributed by atoms with E-state index < -0.39 is 0 Å². The molecule has 0 N–H and O–H groups in total. The Morgan fingerprint density at radius 2 is 1.76 bits per heavy atom. The van der Waals surface area contributed by atoms with Gasteiger partial charge in [0.1, 0.15) is 12.4 Å². The first kappa shape index (κ1) is 18.1. The van der Waals surface area contributed by atoms with Crippen molar-refractivity contribution in [1.29, 1.82) is 0 Å². The van der Waals surface area contributed by atoms with Crippen molar-refractivity contribution in [1.82, 2.24) is 14.8 Å². The van der Waals surface area contributed by atoms with Crippen LogP contribution in [0.4, 0.5) is 0 Å². The van der Waals surface area contributed by atoms with Crippen molar-refractivity contribution >= 4 is 35.0 Å². The molecule has 0 aliphatic carbocycles. The minimum absolute atomic E-state index is 0.355. The predicted molar refractivity (Wildman–Crippen MR) is 103 cm³/mol. The number of thioether (sulfide) groups is 1. The Bertz CT molecular complexity index is 865. The molecule has 0 aliphatic rings. The van der Waals surface area contributed by atoms with E-state index in [0.717, 1.165) is 33.1 Å². The summed E-state index contributed by atoms with van der Waals surface area (Å²) in [6.45, 7) is 2.32. The molecule has 0 aliphatic heterocycles. The Balaban J connectivity index is 1.61. The van der Waals surface area contributed by atoms with Crippen molar-refractivity contribution in [2.45, 2.75) is 24.4 Å². The Morgan fingerprint density at radius 1 is 1.04 bits per heavy atom. The van der Waals surface area contributed by atoms with Gasteiger partial charge in [0.05, 0.1) is 0 Å². The number of nitrogens with zero attached hydrogens (tertiary/aromatic N) is 3. The molecular formula is C18H17Cl2N3OS. The van der Waals surface area contributed by atoms with Gasteiger partial charge >= 0.3 is 0 Å². The minimum atomic E-state index is 0.355. The van der Waals surface area contributed by atoms with Crippen LogP contribution in [0.2, 0.25) is 10.0 Å². The third-order valence-electron chi connectivity index (χ3n) is 3.70. The summed E-state index contributed by atoms with van der Waals surface area (Å²) in [7, 11) is 1.94. The zero-order valence-electron chi connectivity index (χ0n) is 13.9. The van der Waals surface area contributed by atoms with E-state index in [4.69, 9.17) is 27.9 Å². The van der Waals surface area contributed by atoms with E-state index in [9.17, 15) is 0 Å². The number of halogens is 2. The Morgan fingerprint density at radius 3 is 2.48 bits per heavy atom. The van der Waals surface area contributed by atoms with Gasteiger partial charge in [0.15, 0.2) is 11.0 Å². The highest BCUT2D eigenvalue weighted by atomic mass is 35.5. The molecule has 0 fully saturated rings. The molecule has 3 rings (SSSR count). The molecule has 0 atom stereocenters. The molecule has 4 nitrogen and oxygen atoms in total. The fraction of sp³-hybridized carbons (Fsp3) is 0.222. The zero-order chi connectivity index (χ0) is 17.8. The Hall–Kier alpha value is -1.69. The highest BCUT2D eigenvalue weighted by Crippen LogP contribution is 2.24. The summed E-state index contributed by atoms with van der Waals surface area (Å²) < 4.78 is 7.79. The number of aromatic nitrogens is 3. The zero-order valence-corrected chi connectivity index (χ0v) is 16.2. The summed E-state index contributed by atoms with van der Waals surface area (Å²) in [5, 5.41) is 10.8. The third-order valence-corrected chi connectivity index (χ3v) is 5.28. The van der Waals surface area contributed by atoms with Crippen LogP contribution < -0.4 is 4.74 Å². The first-order valence-corrected chi connectivity index (χ1v) is 9.41. The summed E-state index contributed by atoms with van der Waals surface area (Å²) in [4.78, 5) is 0. The van der Waals surface area contributed by atoms with Crippen molar-refractivity contribution in [3.63, 3.8) is 0 Å². The van der Waals surface area contributed by atoms with Crippen LogP contribution in [0.15, 0.2) is 47.6 Å². The summed E-state index contributed by atoms with van der Waals surface area (Å²) in [5.41, 5.74) is 2.18. The molecule has 0 spiro atoms. The van der Waals surface area contributed by atoms with Crippen molar-refractivity contribution in [2.24, 2.45) is 7.05 Å². The van der Waals surface area contributed by atoms with Crippen molar-refractivity contribution < 1.29 is 4.74 Å². The van der Waals surface area contributed by atoms with Gasteiger partial charge in [-0.3, -0.25) is 0 Å². The highest BCUT2D eigenvalue weighted by Gasteiger charge is 2.11. The Labute approximate surface area is 161 Å². The minimum Gasteiger partial charge on any atom is -0.485 e. The maximum absolute atomic E-state index is 5.96. The van der Waals surface area contributed by atoms with Gasteiger partial charge in [-0.15, -0.1) is 10.2 Å². The first-order chi connectivity index (χ1) is 12.0. The van der Waals surface area contributed by atoms with Crippen LogP contribution in [0.25, 0.3) is 0 Å². The lowest BCUT2D eigenvalue weighted by atomic mass is 10.2. The van der Waals surface area contributed by atoms with E-state index in [1.54, 1.807) is 11.8 Å². The number of ether oxygens (including phenoxy) is 1. The molecule has 0 unspecified atom stereocenters. The van der Waals surface area contributed by atoms with Gasteiger partial charge in [0.2, 0.25) is 0 Å². The molecular weight excluding hydrogens is 377 g/mol. The molecule has 0 amide bonds. The smallest absolute Gasteiger partial charge is 0.191 e. The lowest BCUT2D eigenvalue weighted by Crippen LogP contribution is -2.05. The van der Waals surface area contributed by atoms with Gasteiger partial charge in [0.25, 0.3) is 0 Å². The lowest BCUT2D eigenvalue weighted by molar-refractivity contribution is 0.288. The van der Waals surface area contributed by atoms with Crippen LogP contribution in [0.5, 0.6) is 5.75 Å². The molecule has 0 radical (unpaired) electrons. The number of aryl methyl sites for hydroxylation is 1. The van der Waals surface area contributed by atoms with E-state index >= 15 is 0 Å². The van der Waals surface area contributed by atoms with Crippen LogP contribution >= 0.6 is 35.0 Å². The Kier molecular flexibility index (Phi) is 5.89. The second-order valence-corrected chi connectivity index (χ2v) is 7.39. The SMILES string of the molecule is Cc1cc(Cl)ccc1OCc1nnc(SCc2ccc(Cl)cc2)n1C. The summed E-state index contributed by atoms with van der Waals surface area (Å²) in [6, 6.07) is 13.4. The lowest BCUT2D eigenvalue weighted by Gasteiger charge is -2.09. The molecule has 130 valence electrons. The van der Waals surface area contributed by atoms with Crippen molar-refractivity contribution in [3.8, 4) is 5.75 Å². The largest absolute Gasteiger partial charge is 0.485 e. The van der Waals surface area contributed by atoms with Crippen LogP contribution in [0, 0.1) is 6.92 Å². The average Bonchev–Trinajstić information content (AvgIpc) is 2.94. The molecule has 1 heterocycles. The van der Waals surface area contributed by atoms with Crippen LogP contribution in [0.3, 0.4) is 0 Å². The molecule has 3 aromatic rings. The second kappa shape index (κ2) is 8.13. The van der Waals surface area contributed by atoms with Gasteiger partial charge in [0, 0.05) is 22.8 Å². The van der Waals surface area contributed by atoms with Crippen molar-refractivity contribution in [2.75, 3.05) is 0 Å². The van der Waals surface area contributed by atoms with Gasteiger partial charge in [-0.1, -0.05) is 47.1 Å². The van der Waals surface area contributed by atoms with Gasteiger partial charge < -0.3 is 9.30 Å². The molecule has 7 heteroatoms. The maximum Gasteiger partial charge on any atom is 0.191 e. The van der Waals surface area contributed by atoms with E-state index in [-0.39, 0.29) is 0 Å². The fourth-order valence-corrected chi connectivity index (χ4v) is 3.48. The third kappa shape index (κ3) is 4.69. The normalized spacial score (nSPS) is 10.9. The standard InChI is InChI=1S/C18H17Cl2N3OS/c1-12-9-15(20)7-8-16(12)24-10-17-21-22-18(23(17)2)25-11-13-3-5-14(19)6-4-13/h3-9H,10-11H2,1-2H3. The molecule has 25 heavy (non-hydrogen) atoms. The maximum atomic E-state index is 5.96. The van der Waals surface area contributed by atoms with Crippen LogP contribution in [0.1, 0.15) is 17.0 Å². The summed E-state index contributed by atoms with van der Waals surface area (Å²) >= 11 is 13.5. The van der Waals surface area contributed by atoms with Gasteiger partial charge in [-0.25, -0.2) is 0 Å². The predicted octanol–water partition coefficient (Wildman–Crippen LogP) is 5.30. The summed E-state index contributed by atoms with van der Waals surface area (Å²) in [5.74, 6) is 2.37. The fourth-order valence-electron chi connectivity index (χ4n) is 2.24.